The van der Waals surface area contributed by atoms with Crippen LogP contribution < -0.4 is 0 Å². The highest BCUT2D eigenvalue weighted by Gasteiger charge is 2.22. The number of carbonyl (C=O) groups is 1. The molecule has 1 atom stereocenters. The number of carbonyl (C=O) groups excluding carboxylic acids is 1. The standard InChI is InChI=1S/C17H18ClN3OS/c1-10-14-9-15(23-17(14)21(4)19-10)16(22)20(3)11(2)12-5-7-13(18)8-6-12/h5-9,11H,1-4H3. The fourth-order valence-corrected chi connectivity index (χ4v) is 3.86. The number of fused-ring (bicyclic) bond motifs is 1. The van der Waals surface area contributed by atoms with Crippen LogP contribution in [0.1, 0.15) is 33.9 Å². The van der Waals surface area contributed by atoms with E-state index in [4.69, 9.17) is 11.6 Å². The molecular formula is C17H18ClN3OS. The molecule has 23 heavy (non-hydrogen) atoms. The Bertz CT molecular complexity index is 831. The maximum Gasteiger partial charge on any atom is 0.264 e. The smallest absolute Gasteiger partial charge is 0.264 e. The number of amides is 1. The van der Waals surface area contributed by atoms with Crippen molar-refractivity contribution in [2.75, 3.05) is 7.05 Å². The highest BCUT2D eigenvalue weighted by Crippen LogP contribution is 2.30. The van der Waals surface area contributed by atoms with Gasteiger partial charge in [-0.25, -0.2) is 0 Å². The molecule has 0 aliphatic carbocycles. The molecule has 0 bridgehead atoms. The van der Waals surface area contributed by atoms with Gasteiger partial charge in [-0.15, -0.1) is 11.3 Å². The van der Waals surface area contributed by atoms with Crippen LogP contribution in [0.2, 0.25) is 5.02 Å². The van der Waals surface area contributed by atoms with E-state index in [1.807, 2.05) is 63.0 Å². The van der Waals surface area contributed by atoms with Crippen LogP contribution in [0, 0.1) is 6.92 Å². The summed E-state index contributed by atoms with van der Waals surface area (Å²) in [4.78, 5) is 16.3. The van der Waals surface area contributed by atoms with Crippen molar-refractivity contribution in [3.63, 3.8) is 0 Å². The van der Waals surface area contributed by atoms with E-state index in [-0.39, 0.29) is 11.9 Å². The third-order valence-electron chi connectivity index (χ3n) is 4.16. The van der Waals surface area contributed by atoms with Gasteiger partial charge in [0.2, 0.25) is 0 Å². The Morgan fingerprint density at radius 2 is 2.00 bits per heavy atom. The molecule has 0 spiro atoms. The van der Waals surface area contributed by atoms with Crippen LogP contribution in [0.4, 0.5) is 0 Å². The lowest BCUT2D eigenvalue weighted by molar-refractivity contribution is 0.0747. The molecule has 0 aliphatic rings. The predicted octanol–water partition coefficient (Wildman–Crippen LogP) is 4.43. The fourth-order valence-electron chi connectivity index (χ4n) is 2.63. The van der Waals surface area contributed by atoms with Gasteiger partial charge in [0.15, 0.2) is 0 Å². The van der Waals surface area contributed by atoms with Gasteiger partial charge < -0.3 is 4.90 Å². The molecule has 2 aromatic heterocycles. The van der Waals surface area contributed by atoms with Crippen LogP contribution >= 0.6 is 22.9 Å². The van der Waals surface area contributed by atoms with Gasteiger partial charge in [-0.2, -0.15) is 5.10 Å². The Balaban J connectivity index is 1.88. The number of halogens is 1. The molecule has 0 radical (unpaired) electrons. The number of hydrogen-bond donors (Lipinski definition) is 0. The average molecular weight is 348 g/mol. The quantitative estimate of drug-likeness (QED) is 0.703. The highest BCUT2D eigenvalue weighted by molar-refractivity contribution is 7.20. The lowest BCUT2D eigenvalue weighted by atomic mass is 10.1. The summed E-state index contributed by atoms with van der Waals surface area (Å²) in [5, 5.41) is 6.12. The molecule has 4 nitrogen and oxygen atoms in total. The molecular weight excluding hydrogens is 330 g/mol. The van der Waals surface area contributed by atoms with Gasteiger partial charge in [0.25, 0.3) is 5.91 Å². The molecule has 1 amide bonds. The van der Waals surface area contributed by atoms with Crippen molar-refractivity contribution in [1.29, 1.82) is 0 Å². The molecule has 2 heterocycles. The van der Waals surface area contributed by atoms with E-state index in [9.17, 15) is 4.79 Å². The molecule has 6 heteroatoms. The Hall–Kier alpha value is -1.85. The lowest BCUT2D eigenvalue weighted by Gasteiger charge is -2.25. The molecule has 1 unspecified atom stereocenters. The normalized spacial score (nSPS) is 12.6. The molecule has 0 saturated heterocycles. The first-order valence-electron chi connectivity index (χ1n) is 7.34. The van der Waals surface area contributed by atoms with Gasteiger partial charge in [0, 0.05) is 24.5 Å². The second kappa shape index (κ2) is 5.98. The second-order valence-electron chi connectivity index (χ2n) is 5.68. The Labute approximate surface area is 144 Å². The Morgan fingerprint density at radius 3 is 2.61 bits per heavy atom. The van der Waals surface area contributed by atoms with Crippen molar-refractivity contribution >= 4 is 39.1 Å². The summed E-state index contributed by atoms with van der Waals surface area (Å²) in [5.41, 5.74) is 2.01. The average Bonchev–Trinajstić information content (AvgIpc) is 3.08. The molecule has 0 fully saturated rings. The predicted molar refractivity (Wildman–Crippen MR) is 95.3 cm³/mol. The summed E-state index contributed by atoms with van der Waals surface area (Å²) in [6.07, 6.45) is 0. The topological polar surface area (TPSA) is 38.1 Å². The summed E-state index contributed by atoms with van der Waals surface area (Å²) in [6, 6.07) is 9.52. The summed E-state index contributed by atoms with van der Waals surface area (Å²) in [6.45, 7) is 3.98. The van der Waals surface area contributed by atoms with Crippen LogP contribution in [-0.2, 0) is 7.05 Å². The van der Waals surface area contributed by atoms with E-state index < -0.39 is 0 Å². The van der Waals surface area contributed by atoms with Gasteiger partial charge >= 0.3 is 0 Å². The van der Waals surface area contributed by atoms with Crippen molar-refractivity contribution < 1.29 is 4.79 Å². The second-order valence-corrected chi connectivity index (χ2v) is 7.15. The third-order valence-corrected chi connectivity index (χ3v) is 5.60. The van der Waals surface area contributed by atoms with Crippen molar-refractivity contribution in [3.8, 4) is 0 Å². The monoisotopic (exact) mass is 347 g/mol. The van der Waals surface area contributed by atoms with Crippen LogP contribution in [0.5, 0.6) is 0 Å². The van der Waals surface area contributed by atoms with Gasteiger partial charge in [0.05, 0.1) is 16.6 Å². The first-order valence-corrected chi connectivity index (χ1v) is 8.53. The first kappa shape index (κ1) is 16.0. The number of aromatic nitrogens is 2. The van der Waals surface area contributed by atoms with E-state index in [1.165, 1.54) is 11.3 Å². The summed E-state index contributed by atoms with van der Waals surface area (Å²) < 4.78 is 1.83. The Kier molecular flexibility index (Phi) is 4.17. The molecule has 0 N–H and O–H groups in total. The number of benzene rings is 1. The van der Waals surface area contributed by atoms with Gasteiger partial charge in [-0.3, -0.25) is 9.48 Å². The zero-order chi connectivity index (χ0) is 16.7. The number of nitrogens with zero attached hydrogens (tertiary/aromatic N) is 3. The zero-order valence-corrected chi connectivity index (χ0v) is 15.1. The number of thiophene rings is 1. The maximum atomic E-state index is 12.8. The summed E-state index contributed by atoms with van der Waals surface area (Å²) >= 11 is 7.41. The van der Waals surface area contributed by atoms with E-state index in [0.717, 1.165) is 26.4 Å². The van der Waals surface area contributed by atoms with Crippen molar-refractivity contribution in [1.82, 2.24) is 14.7 Å². The highest BCUT2D eigenvalue weighted by atomic mass is 35.5. The minimum Gasteiger partial charge on any atom is -0.334 e. The summed E-state index contributed by atoms with van der Waals surface area (Å²) in [7, 11) is 3.73. The van der Waals surface area contributed by atoms with Crippen molar-refractivity contribution in [3.05, 3.63) is 51.5 Å². The molecule has 0 aliphatic heterocycles. The first-order chi connectivity index (χ1) is 10.9. The third kappa shape index (κ3) is 2.86. The largest absolute Gasteiger partial charge is 0.334 e. The van der Waals surface area contributed by atoms with Crippen LogP contribution in [0.15, 0.2) is 30.3 Å². The fraction of sp³-hybridized carbons (Fsp3) is 0.294. The molecule has 3 rings (SSSR count). The van der Waals surface area contributed by atoms with Crippen LogP contribution in [0.3, 0.4) is 0 Å². The SMILES string of the molecule is Cc1nn(C)c2sc(C(=O)N(C)C(C)c3ccc(Cl)cc3)cc12. The summed E-state index contributed by atoms with van der Waals surface area (Å²) in [5.74, 6) is 0.0213. The van der Waals surface area contributed by atoms with E-state index in [2.05, 4.69) is 5.10 Å². The van der Waals surface area contributed by atoms with E-state index in [0.29, 0.717) is 5.02 Å². The van der Waals surface area contributed by atoms with Crippen LogP contribution in [0.25, 0.3) is 10.2 Å². The number of hydrogen-bond acceptors (Lipinski definition) is 3. The van der Waals surface area contributed by atoms with E-state index in [1.54, 1.807) is 4.90 Å². The zero-order valence-electron chi connectivity index (χ0n) is 13.5. The lowest BCUT2D eigenvalue weighted by Crippen LogP contribution is -2.29. The minimum absolute atomic E-state index is 0.0213. The molecule has 0 saturated carbocycles. The molecule has 1 aromatic carbocycles. The van der Waals surface area contributed by atoms with Gasteiger partial charge in [0.1, 0.15) is 4.83 Å². The minimum atomic E-state index is -0.0239. The van der Waals surface area contributed by atoms with Crippen molar-refractivity contribution in [2.24, 2.45) is 7.05 Å². The number of aryl methyl sites for hydroxylation is 2. The van der Waals surface area contributed by atoms with Gasteiger partial charge in [-0.1, -0.05) is 23.7 Å². The molecule has 3 aromatic rings. The van der Waals surface area contributed by atoms with Gasteiger partial charge in [-0.05, 0) is 37.6 Å². The molecule has 120 valence electrons. The van der Waals surface area contributed by atoms with Crippen molar-refractivity contribution in [2.45, 2.75) is 19.9 Å². The Morgan fingerprint density at radius 1 is 1.35 bits per heavy atom. The van der Waals surface area contributed by atoms with E-state index >= 15 is 0 Å². The van der Waals surface area contributed by atoms with Crippen LogP contribution in [-0.4, -0.2) is 27.6 Å². The number of rotatable bonds is 3. The maximum absolute atomic E-state index is 12.8.